The molecule has 1 aliphatic carbocycles. The number of nitrogens with zero attached hydrogens (tertiary/aromatic N) is 5. The molecule has 0 bridgehead atoms. The summed E-state index contributed by atoms with van der Waals surface area (Å²) in [5.74, 6) is 1.69. The second-order valence-corrected chi connectivity index (χ2v) is 7.32. The molecule has 23 heavy (non-hydrogen) atoms. The largest absolute Gasteiger partial charge is 0.356 e. The molecule has 6 heteroatoms. The van der Waals surface area contributed by atoms with Crippen molar-refractivity contribution in [3.63, 3.8) is 0 Å². The van der Waals surface area contributed by atoms with E-state index in [2.05, 4.69) is 44.8 Å². The number of rotatable bonds is 3. The third-order valence-corrected chi connectivity index (χ3v) is 5.82. The zero-order valence-electron chi connectivity index (χ0n) is 13.7. The van der Waals surface area contributed by atoms with Gasteiger partial charge in [0.25, 0.3) is 0 Å². The summed E-state index contributed by atoms with van der Waals surface area (Å²) in [6, 6.07) is 4.84. The van der Waals surface area contributed by atoms with Gasteiger partial charge in [-0.2, -0.15) is 5.26 Å². The number of aromatic nitrogens is 3. The predicted molar refractivity (Wildman–Crippen MR) is 89.0 cm³/mol. The van der Waals surface area contributed by atoms with Gasteiger partial charge in [-0.05, 0) is 30.2 Å². The molecule has 1 aliphatic heterocycles. The highest BCUT2D eigenvalue weighted by Gasteiger charge is 2.50. The Bertz CT molecular complexity index is 762. The Morgan fingerprint density at radius 1 is 1.52 bits per heavy atom. The first-order valence-corrected chi connectivity index (χ1v) is 8.21. The van der Waals surface area contributed by atoms with E-state index in [1.165, 1.54) is 6.42 Å². The lowest BCUT2D eigenvalue weighted by Crippen LogP contribution is -2.34. The molecule has 0 spiro atoms. The molecule has 120 valence electrons. The molecule has 0 unspecified atom stereocenters. The minimum Gasteiger partial charge on any atom is -0.356 e. The maximum atomic E-state index is 8.93. The van der Waals surface area contributed by atoms with Gasteiger partial charge in [-0.3, -0.25) is 4.90 Å². The molecule has 6 nitrogen and oxygen atoms in total. The Morgan fingerprint density at radius 2 is 2.39 bits per heavy atom. The van der Waals surface area contributed by atoms with Crippen molar-refractivity contribution in [2.24, 2.45) is 11.3 Å². The van der Waals surface area contributed by atoms with E-state index in [1.807, 2.05) is 12.3 Å². The molecule has 0 amide bonds. The zero-order chi connectivity index (χ0) is 16.0. The molecule has 2 aromatic heterocycles. The highest BCUT2D eigenvalue weighted by Crippen LogP contribution is 2.50. The molecule has 1 saturated carbocycles. The maximum Gasteiger partial charge on any atom is 0.142 e. The Balaban J connectivity index is 1.55. The number of hydrogen-bond donors (Lipinski definition) is 1. The van der Waals surface area contributed by atoms with E-state index in [4.69, 9.17) is 5.26 Å². The van der Waals surface area contributed by atoms with Crippen LogP contribution in [0.15, 0.2) is 18.6 Å². The molecule has 2 fully saturated rings. The lowest BCUT2D eigenvalue weighted by molar-refractivity contribution is 0.275. The summed E-state index contributed by atoms with van der Waals surface area (Å²) in [6.45, 7) is 5.04. The maximum absolute atomic E-state index is 8.93. The smallest absolute Gasteiger partial charge is 0.142 e. The van der Waals surface area contributed by atoms with Crippen molar-refractivity contribution in [1.29, 1.82) is 5.26 Å². The Labute approximate surface area is 136 Å². The number of fused-ring (bicyclic) bond motifs is 2. The van der Waals surface area contributed by atoms with E-state index in [0.29, 0.717) is 23.9 Å². The molecule has 0 radical (unpaired) electrons. The SMILES string of the molecule is CN(c1ncnc2[nH]ccc12)[C@H]1C[C@H]2CN(CC#N)C[C@@]2(C)C1. The summed E-state index contributed by atoms with van der Waals surface area (Å²) < 4.78 is 0. The molecule has 1 N–H and O–H groups in total. The topological polar surface area (TPSA) is 71.8 Å². The summed E-state index contributed by atoms with van der Waals surface area (Å²) >= 11 is 0. The van der Waals surface area contributed by atoms with E-state index >= 15 is 0 Å². The highest BCUT2D eigenvalue weighted by atomic mass is 15.2. The van der Waals surface area contributed by atoms with Crippen LogP contribution in [0.1, 0.15) is 19.8 Å². The Morgan fingerprint density at radius 3 is 3.17 bits per heavy atom. The number of anilines is 1. The van der Waals surface area contributed by atoms with Gasteiger partial charge >= 0.3 is 0 Å². The molecular weight excluding hydrogens is 288 g/mol. The van der Waals surface area contributed by atoms with Gasteiger partial charge in [0, 0.05) is 32.4 Å². The van der Waals surface area contributed by atoms with Crippen LogP contribution in [0, 0.1) is 22.7 Å². The van der Waals surface area contributed by atoms with Crippen molar-refractivity contribution in [3.8, 4) is 6.07 Å². The average molecular weight is 310 g/mol. The van der Waals surface area contributed by atoms with Crippen molar-refractivity contribution >= 4 is 16.9 Å². The lowest BCUT2D eigenvalue weighted by atomic mass is 9.83. The number of aromatic amines is 1. The van der Waals surface area contributed by atoms with Gasteiger partial charge in [-0.25, -0.2) is 9.97 Å². The highest BCUT2D eigenvalue weighted by molar-refractivity contribution is 5.87. The molecule has 2 aromatic rings. The minimum absolute atomic E-state index is 0.320. The number of nitrogens with one attached hydrogen (secondary N) is 1. The van der Waals surface area contributed by atoms with Gasteiger partial charge < -0.3 is 9.88 Å². The monoisotopic (exact) mass is 310 g/mol. The molecule has 4 rings (SSSR count). The minimum atomic E-state index is 0.320. The summed E-state index contributed by atoms with van der Waals surface area (Å²) in [5.41, 5.74) is 1.21. The van der Waals surface area contributed by atoms with Crippen LogP contribution in [0.5, 0.6) is 0 Å². The third-order valence-electron chi connectivity index (χ3n) is 5.82. The van der Waals surface area contributed by atoms with Gasteiger partial charge in [0.15, 0.2) is 0 Å². The standard InChI is InChI=1S/C17H22N6/c1-17-8-13(7-12(17)9-23(10-17)6-4-18)22(2)16-14-3-5-19-15(14)20-11-21-16/h3,5,11-13H,6-10H2,1-2H3,(H,19,20,21)/t12-,13-,17+/m0/s1. The normalized spacial score (nSPS) is 30.5. The first-order valence-electron chi connectivity index (χ1n) is 8.21. The van der Waals surface area contributed by atoms with Crippen LogP contribution >= 0.6 is 0 Å². The fourth-order valence-corrected chi connectivity index (χ4v) is 4.61. The molecule has 1 saturated heterocycles. The van der Waals surface area contributed by atoms with Crippen molar-refractivity contribution in [3.05, 3.63) is 18.6 Å². The van der Waals surface area contributed by atoms with Crippen molar-refractivity contribution in [1.82, 2.24) is 19.9 Å². The third kappa shape index (κ3) is 2.27. The summed E-state index contributed by atoms with van der Waals surface area (Å²) in [5, 5.41) is 10.0. The van der Waals surface area contributed by atoms with Crippen LogP contribution in [-0.4, -0.2) is 52.6 Å². The van der Waals surface area contributed by atoms with Gasteiger partial charge in [0.1, 0.15) is 17.8 Å². The van der Waals surface area contributed by atoms with Crippen molar-refractivity contribution < 1.29 is 0 Å². The average Bonchev–Trinajstić information content (AvgIpc) is 3.18. The second-order valence-electron chi connectivity index (χ2n) is 7.32. The molecule has 2 aliphatic rings. The summed E-state index contributed by atoms with van der Waals surface area (Å²) in [6.07, 6.45) is 5.88. The molecule has 3 atom stereocenters. The molecular formula is C17H22N6. The zero-order valence-corrected chi connectivity index (χ0v) is 13.7. The van der Waals surface area contributed by atoms with E-state index in [1.54, 1.807) is 6.33 Å². The Kier molecular flexibility index (Phi) is 3.27. The fraction of sp³-hybridized carbons (Fsp3) is 0.588. The van der Waals surface area contributed by atoms with Crippen LogP contribution in [0.25, 0.3) is 11.0 Å². The summed E-state index contributed by atoms with van der Waals surface area (Å²) in [7, 11) is 2.15. The van der Waals surface area contributed by atoms with Crippen LogP contribution in [0.4, 0.5) is 5.82 Å². The van der Waals surface area contributed by atoms with Crippen LogP contribution < -0.4 is 4.90 Å². The molecule has 0 aromatic carbocycles. The quantitative estimate of drug-likeness (QED) is 0.878. The first kappa shape index (κ1) is 14.5. The molecule has 3 heterocycles. The number of hydrogen-bond acceptors (Lipinski definition) is 5. The van der Waals surface area contributed by atoms with E-state index in [9.17, 15) is 0 Å². The van der Waals surface area contributed by atoms with Crippen LogP contribution in [0.2, 0.25) is 0 Å². The Hall–Kier alpha value is -2.13. The van der Waals surface area contributed by atoms with Crippen molar-refractivity contribution in [2.75, 3.05) is 31.6 Å². The number of likely N-dealkylation sites (tertiary alicyclic amines) is 1. The predicted octanol–water partition coefficient (Wildman–Crippen LogP) is 2.02. The summed E-state index contributed by atoms with van der Waals surface area (Å²) in [4.78, 5) is 16.6. The van der Waals surface area contributed by atoms with E-state index < -0.39 is 0 Å². The van der Waals surface area contributed by atoms with Crippen LogP contribution in [0.3, 0.4) is 0 Å². The van der Waals surface area contributed by atoms with Gasteiger partial charge in [0.2, 0.25) is 0 Å². The van der Waals surface area contributed by atoms with E-state index in [0.717, 1.165) is 36.4 Å². The van der Waals surface area contributed by atoms with E-state index in [-0.39, 0.29) is 0 Å². The van der Waals surface area contributed by atoms with Crippen molar-refractivity contribution in [2.45, 2.75) is 25.8 Å². The number of H-pyrrole nitrogens is 1. The first-order chi connectivity index (χ1) is 11.1. The van der Waals surface area contributed by atoms with Gasteiger partial charge in [-0.1, -0.05) is 6.92 Å². The lowest BCUT2D eigenvalue weighted by Gasteiger charge is -2.29. The number of nitriles is 1. The van der Waals surface area contributed by atoms with Gasteiger partial charge in [0.05, 0.1) is 18.0 Å². The second kappa shape index (κ2) is 5.20. The van der Waals surface area contributed by atoms with Crippen LogP contribution in [-0.2, 0) is 0 Å². The fourth-order valence-electron chi connectivity index (χ4n) is 4.61. The van der Waals surface area contributed by atoms with Gasteiger partial charge in [-0.15, -0.1) is 0 Å².